The molecule has 1 aliphatic rings. The minimum atomic E-state index is -0.397. The second kappa shape index (κ2) is 5.54. The average Bonchev–Trinajstić information content (AvgIpc) is 2.47. The lowest BCUT2D eigenvalue weighted by atomic mass is 10.1. The molecule has 0 saturated heterocycles. The zero-order valence-electron chi connectivity index (χ0n) is 11.3. The summed E-state index contributed by atoms with van der Waals surface area (Å²) in [6.07, 6.45) is 1.95. The van der Waals surface area contributed by atoms with Crippen molar-refractivity contribution in [3.63, 3.8) is 0 Å². The normalized spacial score (nSPS) is 15.5. The maximum absolute atomic E-state index is 10.7. The average molecular weight is 296 g/mol. The number of rotatable bonds is 2. The van der Waals surface area contributed by atoms with Crippen molar-refractivity contribution in [2.24, 2.45) is 4.99 Å². The molecule has 1 heterocycles. The number of hydrogen-bond acceptors (Lipinski definition) is 4. The molecule has 21 heavy (non-hydrogen) atoms. The van der Waals surface area contributed by atoms with Gasteiger partial charge in [0.15, 0.2) is 0 Å². The van der Waals surface area contributed by atoms with Gasteiger partial charge in [-0.3, -0.25) is 10.1 Å². The fourth-order valence-corrected chi connectivity index (χ4v) is 3.03. The Kier molecular flexibility index (Phi) is 3.58. The molecule has 0 bridgehead atoms. The van der Waals surface area contributed by atoms with Crippen molar-refractivity contribution in [2.75, 3.05) is 0 Å². The van der Waals surface area contributed by atoms with Gasteiger partial charge in [-0.25, -0.2) is 4.99 Å². The summed E-state index contributed by atoms with van der Waals surface area (Å²) in [7, 11) is 0. The number of fused-ring (bicyclic) bond motifs is 1. The Hall–Kier alpha value is -2.40. The van der Waals surface area contributed by atoms with E-state index in [4.69, 9.17) is 0 Å². The Labute approximate surface area is 126 Å². The lowest BCUT2D eigenvalue weighted by molar-refractivity contribution is -0.384. The first kappa shape index (κ1) is 13.6. The van der Waals surface area contributed by atoms with Gasteiger partial charge in [0.25, 0.3) is 5.69 Å². The van der Waals surface area contributed by atoms with Gasteiger partial charge in [-0.2, -0.15) is 0 Å². The van der Waals surface area contributed by atoms with E-state index in [2.05, 4.69) is 11.1 Å². The SMILES string of the molecule is CC1=N/C(=C\c2ccc([N+](=O)[O-])cc2)c2ccccc2S1. The maximum atomic E-state index is 10.7. The van der Waals surface area contributed by atoms with Crippen LogP contribution in [0.15, 0.2) is 58.4 Å². The molecule has 3 rings (SSSR count). The highest BCUT2D eigenvalue weighted by atomic mass is 32.2. The molecule has 104 valence electrons. The fourth-order valence-electron chi connectivity index (χ4n) is 2.14. The maximum Gasteiger partial charge on any atom is 0.269 e. The molecule has 0 amide bonds. The number of benzene rings is 2. The molecule has 0 aromatic heterocycles. The van der Waals surface area contributed by atoms with Gasteiger partial charge >= 0.3 is 0 Å². The lowest BCUT2D eigenvalue weighted by Gasteiger charge is -2.15. The third-order valence-electron chi connectivity index (χ3n) is 3.11. The summed E-state index contributed by atoms with van der Waals surface area (Å²) in [5.74, 6) is 0. The van der Waals surface area contributed by atoms with Crippen LogP contribution in [0.2, 0.25) is 0 Å². The highest BCUT2D eigenvalue weighted by molar-refractivity contribution is 8.14. The number of aliphatic imine (C=N–C) groups is 1. The van der Waals surface area contributed by atoms with Gasteiger partial charge in [0.1, 0.15) is 0 Å². The minimum Gasteiger partial charge on any atom is -0.258 e. The van der Waals surface area contributed by atoms with Crippen LogP contribution in [0.5, 0.6) is 0 Å². The van der Waals surface area contributed by atoms with Crippen LogP contribution in [0.1, 0.15) is 18.1 Å². The zero-order valence-corrected chi connectivity index (χ0v) is 12.1. The standard InChI is InChI=1S/C16H12N2O2S/c1-11-17-15(14-4-2-3-5-16(14)21-11)10-12-6-8-13(9-7-12)18(19)20/h2-10H,1H3/b15-10-. The Morgan fingerprint density at radius 3 is 2.57 bits per heavy atom. The first-order chi connectivity index (χ1) is 10.1. The first-order valence-electron chi connectivity index (χ1n) is 6.42. The summed E-state index contributed by atoms with van der Waals surface area (Å²) < 4.78 is 0. The molecule has 2 aromatic carbocycles. The zero-order chi connectivity index (χ0) is 14.8. The predicted molar refractivity (Wildman–Crippen MR) is 86.4 cm³/mol. The van der Waals surface area contributed by atoms with Crippen LogP contribution in [0.4, 0.5) is 5.69 Å². The van der Waals surface area contributed by atoms with Gasteiger partial charge in [0.2, 0.25) is 0 Å². The molecule has 5 heteroatoms. The van der Waals surface area contributed by atoms with Crippen LogP contribution in [0.3, 0.4) is 0 Å². The Balaban J connectivity index is 2.02. The van der Waals surface area contributed by atoms with Crippen molar-refractivity contribution in [3.8, 4) is 0 Å². The van der Waals surface area contributed by atoms with Crippen LogP contribution in [0.25, 0.3) is 11.8 Å². The van der Waals surface area contributed by atoms with Gasteiger partial charge in [0, 0.05) is 22.6 Å². The van der Waals surface area contributed by atoms with Crippen LogP contribution in [-0.2, 0) is 0 Å². The van der Waals surface area contributed by atoms with E-state index in [0.29, 0.717) is 0 Å². The molecule has 0 atom stereocenters. The molecule has 0 aliphatic carbocycles. The van der Waals surface area contributed by atoms with E-state index in [1.54, 1.807) is 23.9 Å². The second-order valence-electron chi connectivity index (χ2n) is 4.61. The molecule has 0 N–H and O–H groups in total. The van der Waals surface area contributed by atoms with E-state index in [0.717, 1.165) is 21.9 Å². The molecule has 0 fully saturated rings. The molecule has 0 radical (unpaired) electrons. The molecule has 0 saturated carbocycles. The fraction of sp³-hybridized carbons (Fsp3) is 0.0625. The molecular formula is C16H12N2O2S. The van der Waals surface area contributed by atoms with Crippen molar-refractivity contribution >= 4 is 34.3 Å². The van der Waals surface area contributed by atoms with Crippen molar-refractivity contribution in [1.29, 1.82) is 0 Å². The Morgan fingerprint density at radius 1 is 1.14 bits per heavy atom. The number of nitro groups is 1. The third-order valence-corrected chi connectivity index (χ3v) is 4.07. The van der Waals surface area contributed by atoms with Gasteiger partial charge in [-0.1, -0.05) is 30.0 Å². The smallest absolute Gasteiger partial charge is 0.258 e. The van der Waals surface area contributed by atoms with Crippen LogP contribution in [-0.4, -0.2) is 9.97 Å². The van der Waals surface area contributed by atoms with Crippen LogP contribution < -0.4 is 0 Å². The van der Waals surface area contributed by atoms with Crippen molar-refractivity contribution in [2.45, 2.75) is 11.8 Å². The first-order valence-corrected chi connectivity index (χ1v) is 7.24. The van der Waals surface area contributed by atoms with Crippen molar-refractivity contribution < 1.29 is 4.92 Å². The third kappa shape index (κ3) is 2.87. The lowest BCUT2D eigenvalue weighted by Crippen LogP contribution is -1.97. The van der Waals surface area contributed by atoms with Gasteiger partial charge in [-0.15, -0.1) is 0 Å². The quantitative estimate of drug-likeness (QED) is 0.600. The highest BCUT2D eigenvalue weighted by Crippen LogP contribution is 2.36. The molecular weight excluding hydrogens is 284 g/mol. The summed E-state index contributed by atoms with van der Waals surface area (Å²) in [5, 5.41) is 11.7. The van der Waals surface area contributed by atoms with E-state index >= 15 is 0 Å². The van der Waals surface area contributed by atoms with Gasteiger partial charge in [0.05, 0.1) is 15.7 Å². The van der Waals surface area contributed by atoms with E-state index in [1.165, 1.54) is 17.0 Å². The van der Waals surface area contributed by atoms with E-state index in [-0.39, 0.29) is 5.69 Å². The van der Waals surface area contributed by atoms with Crippen molar-refractivity contribution in [3.05, 3.63) is 69.8 Å². The second-order valence-corrected chi connectivity index (χ2v) is 5.84. The minimum absolute atomic E-state index is 0.0939. The van der Waals surface area contributed by atoms with Crippen molar-refractivity contribution in [1.82, 2.24) is 0 Å². The summed E-state index contributed by atoms with van der Waals surface area (Å²) in [5.41, 5.74) is 2.97. The van der Waals surface area contributed by atoms with E-state index in [9.17, 15) is 10.1 Å². The number of nitrogens with zero attached hydrogens (tertiary/aromatic N) is 2. The predicted octanol–water partition coefficient (Wildman–Crippen LogP) is 4.62. The van der Waals surface area contributed by atoms with E-state index in [1.807, 2.05) is 31.2 Å². The number of non-ortho nitro benzene ring substituents is 1. The van der Waals surface area contributed by atoms with Gasteiger partial charge < -0.3 is 0 Å². The van der Waals surface area contributed by atoms with Gasteiger partial charge in [-0.05, 0) is 36.8 Å². The van der Waals surface area contributed by atoms with E-state index < -0.39 is 4.92 Å². The summed E-state index contributed by atoms with van der Waals surface area (Å²) in [4.78, 5) is 16.0. The van der Waals surface area contributed by atoms with Crippen LogP contribution in [0, 0.1) is 10.1 Å². The van der Waals surface area contributed by atoms with Crippen LogP contribution >= 0.6 is 11.8 Å². The Bertz CT molecular complexity index is 764. The highest BCUT2D eigenvalue weighted by Gasteiger charge is 2.14. The molecule has 0 unspecified atom stereocenters. The summed E-state index contributed by atoms with van der Waals surface area (Å²) >= 11 is 1.65. The summed E-state index contributed by atoms with van der Waals surface area (Å²) in [6, 6.07) is 14.6. The molecule has 1 aliphatic heterocycles. The monoisotopic (exact) mass is 296 g/mol. The number of nitro benzene ring substituents is 1. The number of thioether (sulfide) groups is 1. The Morgan fingerprint density at radius 2 is 1.86 bits per heavy atom. The number of hydrogen-bond donors (Lipinski definition) is 0. The molecule has 2 aromatic rings. The summed E-state index contributed by atoms with van der Waals surface area (Å²) in [6.45, 7) is 1.98. The molecule has 0 spiro atoms. The largest absolute Gasteiger partial charge is 0.269 e. The molecule has 4 nitrogen and oxygen atoms in total. The topological polar surface area (TPSA) is 55.5 Å².